The van der Waals surface area contributed by atoms with Gasteiger partial charge in [0, 0.05) is 25.2 Å². The van der Waals surface area contributed by atoms with Gasteiger partial charge in [0.25, 0.3) is 0 Å². The third kappa shape index (κ3) is 8.43. The van der Waals surface area contributed by atoms with E-state index >= 15 is 0 Å². The second kappa shape index (κ2) is 10.8. The molecule has 0 heterocycles. The third-order valence-corrected chi connectivity index (χ3v) is 5.36. The number of alkyl halides is 3. The molecule has 13 heteroatoms. The van der Waals surface area contributed by atoms with Crippen LogP contribution in [0.2, 0.25) is 0 Å². The summed E-state index contributed by atoms with van der Waals surface area (Å²) in [6, 6.07) is 10.3. The molecule has 174 valence electrons. The van der Waals surface area contributed by atoms with Crippen LogP contribution in [0.1, 0.15) is 12.0 Å². The molecule has 32 heavy (non-hydrogen) atoms. The van der Waals surface area contributed by atoms with Crippen LogP contribution in [0.25, 0.3) is 0 Å². The van der Waals surface area contributed by atoms with Gasteiger partial charge in [-0.1, -0.05) is 12.1 Å². The lowest BCUT2D eigenvalue weighted by Crippen LogP contribution is -2.30. The van der Waals surface area contributed by atoms with Crippen molar-refractivity contribution in [2.75, 3.05) is 19.0 Å². The first kappa shape index (κ1) is 24.9. The summed E-state index contributed by atoms with van der Waals surface area (Å²) in [7, 11) is -2.77. The molecule has 3 N–H and O–H groups in total. The molecule has 0 atom stereocenters. The van der Waals surface area contributed by atoms with Gasteiger partial charge < -0.3 is 14.8 Å². The van der Waals surface area contributed by atoms with Gasteiger partial charge in [-0.2, -0.15) is 0 Å². The van der Waals surface area contributed by atoms with Crippen LogP contribution in [-0.2, 0) is 26.1 Å². The lowest BCUT2D eigenvalue weighted by Gasteiger charge is -2.10. The van der Waals surface area contributed by atoms with Gasteiger partial charge in [0.2, 0.25) is 15.9 Å². The molecule has 0 saturated heterocycles. The van der Waals surface area contributed by atoms with E-state index in [1.165, 1.54) is 7.11 Å². The zero-order valence-electron chi connectivity index (χ0n) is 16.7. The second-order valence-electron chi connectivity index (χ2n) is 6.26. The Hall–Kier alpha value is -3.32. The molecular weight excluding hydrogens is 455 g/mol. The fourth-order valence-electron chi connectivity index (χ4n) is 2.37. The van der Waals surface area contributed by atoms with E-state index in [4.69, 9.17) is 0 Å². The standard InChI is InChI=1S/C19H20F3N3O6S/c1-30-18(27)25-14-4-2-13(3-5-14)12-23-17(26)10-11-24-32(28,29)16-8-6-15(7-9-16)31-19(20,21)22/h2-9,24H,10-12H2,1H3,(H,23,26)(H,25,27). The summed E-state index contributed by atoms with van der Waals surface area (Å²) in [4.78, 5) is 22.8. The van der Waals surface area contributed by atoms with E-state index in [1.807, 2.05) is 0 Å². The van der Waals surface area contributed by atoms with Crippen molar-refractivity contribution in [1.29, 1.82) is 0 Å². The number of carbonyl (C=O) groups excluding carboxylic acids is 2. The van der Waals surface area contributed by atoms with Crippen molar-refractivity contribution in [3.8, 4) is 5.75 Å². The minimum Gasteiger partial charge on any atom is -0.453 e. The Kier molecular flexibility index (Phi) is 8.43. The summed E-state index contributed by atoms with van der Waals surface area (Å²) >= 11 is 0. The Morgan fingerprint density at radius 1 is 1.00 bits per heavy atom. The molecule has 0 bridgehead atoms. The van der Waals surface area contributed by atoms with Gasteiger partial charge in [-0.25, -0.2) is 17.9 Å². The molecule has 0 fully saturated rings. The van der Waals surface area contributed by atoms with Crippen LogP contribution in [0, 0.1) is 0 Å². The van der Waals surface area contributed by atoms with E-state index in [0.29, 0.717) is 5.69 Å². The third-order valence-electron chi connectivity index (χ3n) is 3.89. The molecule has 0 aliphatic carbocycles. The number of hydrogen-bond donors (Lipinski definition) is 3. The van der Waals surface area contributed by atoms with Gasteiger partial charge in [-0.05, 0) is 42.0 Å². The Balaban J connectivity index is 1.77. The number of rotatable bonds is 9. The van der Waals surface area contributed by atoms with E-state index < -0.39 is 34.1 Å². The molecule has 2 aromatic rings. The van der Waals surface area contributed by atoms with Crippen LogP contribution in [-0.4, -0.2) is 40.4 Å². The molecule has 9 nitrogen and oxygen atoms in total. The van der Waals surface area contributed by atoms with Crippen LogP contribution in [0.5, 0.6) is 5.75 Å². The number of ether oxygens (including phenoxy) is 2. The first-order valence-corrected chi connectivity index (χ1v) is 10.5. The van der Waals surface area contributed by atoms with Crippen molar-refractivity contribution in [2.45, 2.75) is 24.2 Å². The number of amides is 2. The molecule has 0 aliphatic heterocycles. The monoisotopic (exact) mass is 475 g/mol. The Labute approximate surface area is 182 Å². The molecular formula is C19H20F3N3O6S. The van der Waals surface area contributed by atoms with Crippen molar-refractivity contribution in [3.63, 3.8) is 0 Å². The van der Waals surface area contributed by atoms with Gasteiger partial charge in [0.1, 0.15) is 5.75 Å². The summed E-state index contributed by atoms with van der Waals surface area (Å²) in [5.74, 6) is -0.969. The van der Waals surface area contributed by atoms with E-state index in [2.05, 4.69) is 24.8 Å². The second-order valence-corrected chi connectivity index (χ2v) is 8.02. The number of nitrogens with one attached hydrogen (secondary N) is 3. The maximum Gasteiger partial charge on any atom is 0.573 e. The van der Waals surface area contributed by atoms with Gasteiger partial charge in [0.05, 0.1) is 12.0 Å². The Morgan fingerprint density at radius 3 is 2.19 bits per heavy atom. The van der Waals surface area contributed by atoms with E-state index in [1.54, 1.807) is 24.3 Å². The fourth-order valence-corrected chi connectivity index (χ4v) is 3.40. The minimum absolute atomic E-state index is 0.156. The van der Waals surface area contributed by atoms with Crippen LogP contribution >= 0.6 is 0 Å². The predicted molar refractivity (Wildman–Crippen MR) is 107 cm³/mol. The van der Waals surface area contributed by atoms with Crippen LogP contribution < -0.4 is 20.1 Å². The zero-order valence-corrected chi connectivity index (χ0v) is 17.5. The van der Waals surface area contributed by atoms with Gasteiger partial charge in [-0.3, -0.25) is 10.1 Å². The fraction of sp³-hybridized carbons (Fsp3) is 0.263. The maximum atomic E-state index is 12.2. The van der Waals surface area contributed by atoms with Gasteiger partial charge >= 0.3 is 12.5 Å². The summed E-state index contributed by atoms with van der Waals surface area (Å²) in [5.41, 5.74) is 1.26. The highest BCUT2D eigenvalue weighted by Gasteiger charge is 2.31. The highest BCUT2D eigenvalue weighted by molar-refractivity contribution is 7.89. The molecule has 0 radical (unpaired) electrons. The van der Waals surface area contributed by atoms with Crippen LogP contribution in [0.3, 0.4) is 0 Å². The molecule has 2 aromatic carbocycles. The lowest BCUT2D eigenvalue weighted by molar-refractivity contribution is -0.274. The first-order valence-electron chi connectivity index (χ1n) is 9.04. The number of sulfonamides is 1. The van der Waals surface area contributed by atoms with Crippen LogP contribution in [0.15, 0.2) is 53.4 Å². The largest absolute Gasteiger partial charge is 0.573 e. The SMILES string of the molecule is COC(=O)Nc1ccc(CNC(=O)CCNS(=O)(=O)c2ccc(OC(F)(F)F)cc2)cc1. The Morgan fingerprint density at radius 2 is 1.62 bits per heavy atom. The van der Waals surface area contributed by atoms with Crippen molar-refractivity contribution >= 4 is 27.7 Å². The average molecular weight is 475 g/mol. The number of carbonyl (C=O) groups is 2. The number of halogens is 3. The van der Waals surface area contributed by atoms with Gasteiger partial charge in [-0.15, -0.1) is 13.2 Å². The van der Waals surface area contributed by atoms with E-state index in [0.717, 1.165) is 29.8 Å². The van der Waals surface area contributed by atoms with Crippen LogP contribution in [0.4, 0.5) is 23.7 Å². The summed E-state index contributed by atoms with van der Waals surface area (Å²) in [5, 5.41) is 5.10. The highest BCUT2D eigenvalue weighted by Crippen LogP contribution is 2.23. The lowest BCUT2D eigenvalue weighted by atomic mass is 10.2. The van der Waals surface area contributed by atoms with Crippen molar-refractivity contribution in [2.24, 2.45) is 0 Å². The van der Waals surface area contributed by atoms with E-state index in [-0.39, 0.29) is 24.4 Å². The number of anilines is 1. The molecule has 0 spiro atoms. The van der Waals surface area contributed by atoms with Crippen molar-refractivity contribution < 1.29 is 40.7 Å². The first-order chi connectivity index (χ1) is 15.0. The molecule has 0 saturated carbocycles. The normalized spacial score (nSPS) is 11.5. The van der Waals surface area contributed by atoms with Gasteiger partial charge in [0.15, 0.2) is 0 Å². The quantitative estimate of drug-likeness (QED) is 0.513. The van der Waals surface area contributed by atoms with Crippen molar-refractivity contribution in [1.82, 2.24) is 10.0 Å². The Bertz CT molecular complexity index is 1030. The summed E-state index contributed by atoms with van der Waals surface area (Å²) in [6.07, 6.45) is -5.65. The molecule has 0 aromatic heterocycles. The minimum atomic E-state index is -4.88. The number of hydrogen-bond acceptors (Lipinski definition) is 6. The zero-order chi connectivity index (χ0) is 23.8. The number of methoxy groups -OCH3 is 1. The van der Waals surface area contributed by atoms with Crippen molar-refractivity contribution in [3.05, 3.63) is 54.1 Å². The smallest absolute Gasteiger partial charge is 0.453 e. The van der Waals surface area contributed by atoms with E-state index in [9.17, 15) is 31.2 Å². The summed E-state index contributed by atoms with van der Waals surface area (Å²) < 4.78 is 71.2. The average Bonchev–Trinajstić information content (AvgIpc) is 2.72. The summed E-state index contributed by atoms with van der Waals surface area (Å²) in [6.45, 7) is -0.0261. The molecule has 2 rings (SSSR count). The maximum absolute atomic E-state index is 12.2. The number of benzene rings is 2. The topological polar surface area (TPSA) is 123 Å². The predicted octanol–water partition coefficient (Wildman–Crippen LogP) is 2.75. The molecule has 0 unspecified atom stereocenters. The highest BCUT2D eigenvalue weighted by atomic mass is 32.2. The molecule has 0 aliphatic rings. The molecule has 2 amide bonds.